The third-order valence-electron chi connectivity index (χ3n) is 4.18. The van der Waals surface area contributed by atoms with Gasteiger partial charge in [0.2, 0.25) is 11.2 Å². The number of fused-ring (bicyclic) bond motifs is 1. The zero-order chi connectivity index (χ0) is 19.0. The zero-order valence-electron chi connectivity index (χ0n) is 14.2. The lowest BCUT2D eigenvalue weighted by Crippen LogP contribution is -2.06. The molecule has 0 amide bonds. The number of benzene rings is 2. The van der Waals surface area contributed by atoms with E-state index in [-0.39, 0.29) is 28.2 Å². The fourth-order valence-corrected chi connectivity index (χ4v) is 3.08. The molecule has 0 atom stereocenters. The molecule has 134 valence electrons. The molecule has 5 nitrogen and oxygen atoms in total. The summed E-state index contributed by atoms with van der Waals surface area (Å²) in [5.41, 5.74) is 1.50. The molecule has 0 aliphatic rings. The summed E-state index contributed by atoms with van der Waals surface area (Å²) in [5.74, 6) is -1.19. The smallest absolute Gasteiger partial charge is 0.307 e. The van der Waals surface area contributed by atoms with E-state index < -0.39 is 17.1 Å². The maximum atomic E-state index is 12.6. The molecular formula is C20H17ClO5. The number of aliphatic carboxylic acids is 1. The average molecular weight is 373 g/mol. The Labute approximate surface area is 154 Å². The first-order valence-corrected chi connectivity index (χ1v) is 8.46. The Bertz CT molecular complexity index is 1050. The highest BCUT2D eigenvalue weighted by molar-refractivity contribution is 6.35. The molecule has 0 saturated heterocycles. The van der Waals surface area contributed by atoms with Crippen LogP contribution in [0.2, 0.25) is 5.02 Å². The fourth-order valence-electron chi connectivity index (χ4n) is 2.79. The van der Waals surface area contributed by atoms with Gasteiger partial charge in [0.05, 0.1) is 16.8 Å². The van der Waals surface area contributed by atoms with Gasteiger partial charge >= 0.3 is 5.97 Å². The van der Waals surface area contributed by atoms with Crippen LogP contribution in [0, 0.1) is 0 Å². The van der Waals surface area contributed by atoms with Gasteiger partial charge in [-0.1, -0.05) is 49.7 Å². The quantitative estimate of drug-likeness (QED) is 0.700. The van der Waals surface area contributed by atoms with Crippen LogP contribution in [0.1, 0.15) is 30.9 Å². The second kappa shape index (κ2) is 6.84. The first kappa shape index (κ1) is 18.0. The van der Waals surface area contributed by atoms with Crippen molar-refractivity contribution in [3.05, 3.63) is 62.8 Å². The summed E-state index contributed by atoms with van der Waals surface area (Å²) in [6.45, 7) is 4.13. The van der Waals surface area contributed by atoms with E-state index in [1.807, 2.05) is 12.1 Å². The number of hydrogen-bond donors (Lipinski definition) is 2. The second-order valence-electron chi connectivity index (χ2n) is 6.41. The normalized spacial score (nSPS) is 11.2. The minimum atomic E-state index is -1.05. The minimum absolute atomic E-state index is 0.0330. The Morgan fingerprint density at radius 1 is 1.19 bits per heavy atom. The van der Waals surface area contributed by atoms with Crippen molar-refractivity contribution in [1.29, 1.82) is 0 Å². The Morgan fingerprint density at radius 2 is 1.85 bits per heavy atom. The molecule has 3 rings (SSSR count). The van der Waals surface area contributed by atoms with Crippen LogP contribution in [0.4, 0.5) is 0 Å². The molecule has 1 aromatic heterocycles. The number of aromatic hydroxyl groups is 1. The van der Waals surface area contributed by atoms with Crippen molar-refractivity contribution in [3.63, 3.8) is 0 Å². The molecule has 2 aromatic carbocycles. The monoisotopic (exact) mass is 372 g/mol. The van der Waals surface area contributed by atoms with Crippen molar-refractivity contribution >= 4 is 28.5 Å². The van der Waals surface area contributed by atoms with E-state index in [9.17, 15) is 14.7 Å². The van der Waals surface area contributed by atoms with E-state index in [4.69, 9.17) is 21.1 Å². The van der Waals surface area contributed by atoms with Crippen LogP contribution in [0.15, 0.2) is 45.6 Å². The Hall–Kier alpha value is -2.79. The van der Waals surface area contributed by atoms with Gasteiger partial charge in [-0.3, -0.25) is 9.59 Å². The maximum absolute atomic E-state index is 12.6. The molecule has 6 heteroatoms. The number of rotatable bonds is 4. The highest BCUT2D eigenvalue weighted by Crippen LogP contribution is 2.34. The van der Waals surface area contributed by atoms with Crippen LogP contribution in [-0.2, 0) is 11.2 Å². The van der Waals surface area contributed by atoms with Gasteiger partial charge in [-0.15, -0.1) is 0 Å². The predicted molar refractivity (Wildman–Crippen MR) is 100 cm³/mol. The highest BCUT2D eigenvalue weighted by atomic mass is 35.5. The SMILES string of the molecule is CC(C)c1ccc(-c2oc3c(Cl)cc(CC(=O)O)cc3c(=O)c2O)cc1. The fraction of sp³-hybridized carbons (Fsp3) is 0.200. The lowest BCUT2D eigenvalue weighted by Gasteiger charge is -2.10. The van der Waals surface area contributed by atoms with Crippen molar-refractivity contribution in [2.45, 2.75) is 26.2 Å². The lowest BCUT2D eigenvalue weighted by atomic mass is 10.0. The molecule has 0 unspecified atom stereocenters. The zero-order valence-corrected chi connectivity index (χ0v) is 15.0. The average Bonchev–Trinajstić information content (AvgIpc) is 2.58. The number of halogens is 1. The molecule has 3 aromatic rings. The molecule has 0 spiro atoms. The molecule has 0 saturated carbocycles. The number of carboxylic acid groups (broad SMARTS) is 1. The van der Waals surface area contributed by atoms with Crippen LogP contribution in [0.3, 0.4) is 0 Å². The largest absolute Gasteiger partial charge is 0.502 e. The third kappa shape index (κ3) is 3.30. The number of carboxylic acids is 1. The minimum Gasteiger partial charge on any atom is -0.502 e. The van der Waals surface area contributed by atoms with Gasteiger partial charge in [0, 0.05) is 5.56 Å². The van der Waals surface area contributed by atoms with Gasteiger partial charge in [0.25, 0.3) is 0 Å². The molecular weight excluding hydrogens is 356 g/mol. The molecule has 0 aliphatic carbocycles. The number of hydrogen-bond acceptors (Lipinski definition) is 4. The van der Waals surface area contributed by atoms with Gasteiger partial charge < -0.3 is 14.6 Å². The standard InChI is InChI=1S/C20H17ClO5/c1-10(2)12-3-5-13(6-4-12)19-18(25)17(24)14-7-11(9-16(22)23)8-15(21)20(14)26-19/h3-8,10,25H,9H2,1-2H3,(H,22,23). The van der Waals surface area contributed by atoms with Gasteiger partial charge in [-0.25, -0.2) is 0 Å². The summed E-state index contributed by atoms with van der Waals surface area (Å²) in [4.78, 5) is 23.5. The van der Waals surface area contributed by atoms with Gasteiger partial charge in [0.15, 0.2) is 11.3 Å². The Balaban J connectivity index is 2.19. The van der Waals surface area contributed by atoms with Crippen LogP contribution in [0.25, 0.3) is 22.3 Å². The predicted octanol–water partition coefficient (Wildman–Crippen LogP) is 4.57. The summed E-state index contributed by atoms with van der Waals surface area (Å²) >= 11 is 6.19. The van der Waals surface area contributed by atoms with E-state index in [1.165, 1.54) is 12.1 Å². The summed E-state index contributed by atoms with van der Waals surface area (Å²) < 4.78 is 5.72. The van der Waals surface area contributed by atoms with Gasteiger partial charge in [0.1, 0.15) is 0 Å². The van der Waals surface area contributed by atoms with E-state index in [0.717, 1.165) is 5.56 Å². The van der Waals surface area contributed by atoms with Crippen molar-refractivity contribution in [1.82, 2.24) is 0 Å². The van der Waals surface area contributed by atoms with Crippen LogP contribution >= 0.6 is 11.6 Å². The molecule has 1 heterocycles. The van der Waals surface area contributed by atoms with Gasteiger partial charge in [-0.2, -0.15) is 0 Å². The lowest BCUT2D eigenvalue weighted by molar-refractivity contribution is -0.136. The maximum Gasteiger partial charge on any atom is 0.307 e. The van der Waals surface area contributed by atoms with E-state index in [0.29, 0.717) is 17.0 Å². The summed E-state index contributed by atoms with van der Waals surface area (Å²) in [7, 11) is 0. The molecule has 2 N–H and O–H groups in total. The van der Waals surface area contributed by atoms with Gasteiger partial charge in [-0.05, 0) is 29.2 Å². The first-order chi connectivity index (χ1) is 12.3. The van der Waals surface area contributed by atoms with Crippen molar-refractivity contribution < 1.29 is 19.4 Å². The highest BCUT2D eigenvalue weighted by Gasteiger charge is 2.18. The molecule has 0 aliphatic heterocycles. The number of carbonyl (C=O) groups is 1. The molecule has 0 bridgehead atoms. The Morgan fingerprint density at radius 3 is 2.42 bits per heavy atom. The topological polar surface area (TPSA) is 87.7 Å². The molecule has 26 heavy (non-hydrogen) atoms. The van der Waals surface area contributed by atoms with E-state index in [2.05, 4.69) is 13.8 Å². The summed E-state index contributed by atoms with van der Waals surface area (Å²) in [6.07, 6.45) is -0.283. The van der Waals surface area contributed by atoms with Crippen LogP contribution < -0.4 is 5.43 Å². The summed E-state index contributed by atoms with van der Waals surface area (Å²) in [6, 6.07) is 10.2. The van der Waals surface area contributed by atoms with Crippen molar-refractivity contribution in [2.75, 3.05) is 0 Å². The van der Waals surface area contributed by atoms with E-state index >= 15 is 0 Å². The van der Waals surface area contributed by atoms with Crippen molar-refractivity contribution in [3.8, 4) is 17.1 Å². The molecule has 0 radical (unpaired) electrons. The Kier molecular flexibility index (Phi) is 4.74. The van der Waals surface area contributed by atoms with E-state index in [1.54, 1.807) is 12.1 Å². The first-order valence-electron chi connectivity index (χ1n) is 8.08. The third-order valence-corrected chi connectivity index (χ3v) is 4.46. The van der Waals surface area contributed by atoms with Crippen LogP contribution in [-0.4, -0.2) is 16.2 Å². The van der Waals surface area contributed by atoms with Crippen LogP contribution in [0.5, 0.6) is 5.75 Å². The summed E-state index contributed by atoms with van der Waals surface area (Å²) in [5, 5.41) is 19.4. The second-order valence-corrected chi connectivity index (χ2v) is 6.82. The molecule has 0 fully saturated rings. The van der Waals surface area contributed by atoms with Crippen molar-refractivity contribution in [2.24, 2.45) is 0 Å².